The number of hydrazine groups is 1. The Hall–Kier alpha value is -1.06. The highest BCUT2D eigenvalue weighted by Crippen LogP contribution is 2.21. The summed E-state index contributed by atoms with van der Waals surface area (Å²) >= 11 is 0. The van der Waals surface area contributed by atoms with Gasteiger partial charge in [0.05, 0.1) is 0 Å². The summed E-state index contributed by atoms with van der Waals surface area (Å²) in [4.78, 5) is 2.55. The second kappa shape index (κ2) is 3.83. The van der Waals surface area contributed by atoms with Crippen LogP contribution in [-0.2, 0) is 0 Å². The summed E-state index contributed by atoms with van der Waals surface area (Å²) in [5.41, 5.74) is 4.72. The van der Waals surface area contributed by atoms with Gasteiger partial charge < -0.3 is 10.3 Å². The van der Waals surface area contributed by atoms with Crippen molar-refractivity contribution in [1.82, 2.24) is 9.91 Å². The van der Waals surface area contributed by atoms with Crippen LogP contribution < -0.4 is 5.43 Å². The van der Waals surface area contributed by atoms with Crippen LogP contribution in [0.4, 0.5) is 5.69 Å². The largest absolute Gasteiger partial charge is 0.319 e. The molecule has 3 rings (SSSR count). The third-order valence-corrected chi connectivity index (χ3v) is 3.39. The highest BCUT2D eigenvalue weighted by molar-refractivity contribution is 5.41. The highest BCUT2D eigenvalue weighted by Gasteiger charge is 2.32. The maximum atomic E-state index is 3.52. The number of hydrogen-bond acceptors (Lipinski definition) is 3. The van der Waals surface area contributed by atoms with E-state index in [2.05, 4.69) is 45.7 Å². The fourth-order valence-corrected chi connectivity index (χ4v) is 2.53. The van der Waals surface area contributed by atoms with Gasteiger partial charge in [0.2, 0.25) is 0 Å². The molecular formula is C12H17N3. The molecule has 3 heteroatoms. The van der Waals surface area contributed by atoms with E-state index in [9.17, 15) is 0 Å². The Balaban J connectivity index is 1.68. The first-order valence-corrected chi connectivity index (χ1v) is 5.72. The second-order valence-corrected chi connectivity index (χ2v) is 4.41. The van der Waals surface area contributed by atoms with Crippen LogP contribution in [0.2, 0.25) is 0 Å². The molecule has 2 heterocycles. The number of anilines is 1. The second-order valence-electron chi connectivity index (χ2n) is 4.41. The molecule has 0 aliphatic carbocycles. The van der Waals surface area contributed by atoms with Crippen molar-refractivity contribution in [2.24, 2.45) is 0 Å². The summed E-state index contributed by atoms with van der Waals surface area (Å²) < 4.78 is 0. The van der Waals surface area contributed by atoms with Crippen LogP contribution in [0.15, 0.2) is 30.3 Å². The van der Waals surface area contributed by atoms with Crippen molar-refractivity contribution in [3.05, 3.63) is 30.3 Å². The summed E-state index contributed by atoms with van der Waals surface area (Å²) in [6.07, 6.45) is 1.31. The monoisotopic (exact) mass is 203 g/mol. The van der Waals surface area contributed by atoms with Crippen molar-refractivity contribution in [2.75, 3.05) is 31.6 Å². The Bertz CT molecular complexity index is 325. The van der Waals surface area contributed by atoms with Gasteiger partial charge in [-0.1, -0.05) is 18.2 Å². The first-order chi connectivity index (χ1) is 7.42. The number of nitrogens with one attached hydrogen (secondary N) is 1. The van der Waals surface area contributed by atoms with Gasteiger partial charge in [0.15, 0.2) is 0 Å². The predicted molar refractivity (Wildman–Crippen MR) is 61.6 cm³/mol. The molecule has 2 atom stereocenters. The van der Waals surface area contributed by atoms with Gasteiger partial charge in [-0.15, -0.1) is 0 Å². The van der Waals surface area contributed by atoms with Gasteiger partial charge in [-0.3, -0.25) is 0 Å². The molecule has 0 aromatic heterocycles. The van der Waals surface area contributed by atoms with Crippen molar-refractivity contribution in [3.63, 3.8) is 0 Å². The summed E-state index contributed by atoms with van der Waals surface area (Å²) in [7, 11) is 0. The molecule has 3 nitrogen and oxygen atoms in total. The van der Waals surface area contributed by atoms with E-state index >= 15 is 0 Å². The zero-order valence-corrected chi connectivity index (χ0v) is 8.89. The van der Waals surface area contributed by atoms with Gasteiger partial charge in [0, 0.05) is 31.4 Å². The maximum absolute atomic E-state index is 3.52. The molecule has 1 aromatic rings. The first kappa shape index (κ1) is 9.19. The Labute approximate surface area is 90.6 Å². The fraction of sp³-hybridized carbons (Fsp3) is 0.500. The van der Waals surface area contributed by atoms with Gasteiger partial charge in [-0.25, -0.2) is 5.01 Å². The molecule has 2 saturated heterocycles. The highest BCUT2D eigenvalue weighted by atomic mass is 15.6. The summed E-state index contributed by atoms with van der Waals surface area (Å²) in [5.74, 6) is 0. The van der Waals surface area contributed by atoms with Gasteiger partial charge >= 0.3 is 0 Å². The number of hydrogen-bond donors (Lipinski definition) is 1. The molecule has 0 saturated carbocycles. The number of nitrogens with zero attached hydrogens (tertiary/aromatic N) is 2. The van der Waals surface area contributed by atoms with Crippen LogP contribution in [0.3, 0.4) is 0 Å². The quantitative estimate of drug-likeness (QED) is 0.784. The van der Waals surface area contributed by atoms with E-state index in [1.54, 1.807) is 0 Å². The SMILES string of the molecule is c1ccc(NN2CCN3CC[C@@H]2C3)cc1. The van der Waals surface area contributed by atoms with Crippen LogP contribution in [0, 0.1) is 0 Å². The number of para-hydroxylation sites is 1. The normalized spacial score (nSPS) is 30.4. The molecule has 2 aliphatic rings. The average molecular weight is 203 g/mol. The van der Waals surface area contributed by atoms with Crippen molar-refractivity contribution >= 4 is 5.69 Å². The lowest BCUT2D eigenvalue weighted by atomic mass is 10.2. The molecule has 2 fully saturated rings. The number of benzene rings is 1. The lowest BCUT2D eigenvalue weighted by molar-refractivity contribution is 0.163. The average Bonchev–Trinajstić information content (AvgIpc) is 2.67. The van der Waals surface area contributed by atoms with Crippen LogP contribution in [0.1, 0.15) is 6.42 Å². The minimum Gasteiger partial charge on any atom is -0.319 e. The maximum Gasteiger partial charge on any atom is 0.0490 e. The van der Waals surface area contributed by atoms with E-state index < -0.39 is 0 Å². The van der Waals surface area contributed by atoms with E-state index in [0.717, 1.165) is 6.54 Å². The first-order valence-electron chi connectivity index (χ1n) is 5.72. The van der Waals surface area contributed by atoms with Crippen molar-refractivity contribution < 1.29 is 0 Å². The van der Waals surface area contributed by atoms with Crippen LogP contribution in [-0.4, -0.2) is 42.1 Å². The van der Waals surface area contributed by atoms with E-state index in [4.69, 9.17) is 0 Å². The zero-order chi connectivity index (χ0) is 10.1. The van der Waals surface area contributed by atoms with Gasteiger partial charge in [-0.05, 0) is 25.1 Å². The molecule has 2 aliphatic heterocycles. The Morgan fingerprint density at radius 3 is 2.80 bits per heavy atom. The molecule has 1 unspecified atom stereocenters. The smallest absolute Gasteiger partial charge is 0.0490 e. The van der Waals surface area contributed by atoms with Gasteiger partial charge in [0.1, 0.15) is 0 Å². The fourth-order valence-electron chi connectivity index (χ4n) is 2.53. The van der Waals surface area contributed by atoms with E-state index in [1.807, 2.05) is 0 Å². The van der Waals surface area contributed by atoms with Crippen LogP contribution >= 0.6 is 0 Å². The minimum atomic E-state index is 0.707. The molecule has 0 spiro atoms. The Kier molecular flexibility index (Phi) is 2.35. The minimum absolute atomic E-state index is 0.707. The Morgan fingerprint density at radius 2 is 1.93 bits per heavy atom. The van der Waals surface area contributed by atoms with E-state index in [-0.39, 0.29) is 0 Å². The van der Waals surface area contributed by atoms with E-state index in [0.29, 0.717) is 6.04 Å². The lowest BCUT2D eigenvalue weighted by Crippen LogP contribution is -2.49. The van der Waals surface area contributed by atoms with E-state index in [1.165, 1.54) is 31.7 Å². The third-order valence-electron chi connectivity index (χ3n) is 3.39. The lowest BCUT2D eigenvalue weighted by Gasteiger charge is -2.34. The molecule has 2 bridgehead atoms. The number of rotatable bonds is 2. The molecule has 0 radical (unpaired) electrons. The van der Waals surface area contributed by atoms with Crippen LogP contribution in [0.25, 0.3) is 0 Å². The topological polar surface area (TPSA) is 18.5 Å². The third kappa shape index (κ3) is 1.85. The van der Waals surface area contributed by atoms with Crippen molar-refractivity contribution in [1.29, 1.82) is 0 Å². The molecule has 1 aromatic carbocycles. The van der Waals surface area contributed by atoms with Gasteiger partial charge in [0.25, 0.3) is 0 Å². The molecule has 80 valence electrons. The molecule has 1 N–H and O–H groups in total. The summed E-state index contributed by atoms with van der Waals surface area (Å²) in [5, 5.41) is 2.40. The van der Waals surface area contributed by atoms with Crippen LogP contribution in [0.5, 0.6) is 0 Å². The molecular weight excluding hydrogens is 186 g/mol. The number of fused-ring (bicyclic) bond motifs is 2. The standard InChI is InChI=1S/C12H17N3/c1-2-4-11(5-3-1)13-15-9-8-14-7-6-12(15)10-14/h1-5,12-13H,6-10H2/t12-/m1/s1. The molecule has 0 amide bonds. The number of piperazine rings is 1. The molecule has 15 heavy (non-hydrogen) atoms. The Morgan fingerprint density at radius 1 is 1.07 bits per heavy atom. The van der Waals surface area contributed by atoms with Crippen molar-refractivity contribution in [2.45, 2.75) is 12.5 Å². The zero-order valence-electron chi connectivity index (χ0n) is 8.89. The van der Waals surface area contributed by atoms with Gasteiger partial charge in [-0.2, -0.15) is 0 Å². The summed E-state index contributed by atoms with van der Waals surface area (Å²) in [6, 6.07) is 11.2. The van der Waals surface area contributed by atoms with Crippen molar-refractivity contribution in [3.8, 4) is 0 Å². The summed E-state index contributed by atoms with van der Waals surface area (Å²) in [6.45, 7) is 4.85. The predicted octanol–water partition coefficient (Wildman–Crippen LogP) is 1.40.